The summed E-state index contributed by atoms with van der Waals surface area (Å²) in [5, 5.41) is 13.5. The molecule has 0 amide bonds. The maximum atomic E-state index is 15.0. The minimum absolute atomic E-state index is 0.0957. The number of nitrogens with one attached hydrogen (secondary N) is 1. The van der Waals surface area contributed by atoms with Crippen LogP contribution in [0.1, 0.15) is 52.0 Å². The summed E-state index contributed by atoms with van der Waals surface area (Å²) in [6.45, 7) is 6.58. The van der Waals surface area contributed by atoms with Gasteiger partial charge in [-0.25, -0.2) is 4.98 Å². The molecule has 6 nitrogen and oxygen atoms in total. The molecule has 0 spiro atoms. The number of nitrogens with zero attached hydrogens (tertiary/aromatic N) is 2. The van der Waals surface area contributed by atoms with Gasteiger partial charge in [-0.1, -0.05) is 34.1 Å². The van der Waals surface area contributed by atoms with Crippen molar-refractivity contribution in [3.8, 4) is 16.2 Å². The maximum absolute atomic E-state index is 15.0. The van der Waals surface area contributed by atoms with Crippen molar-refractivity contribution in [2.45, 2.75) is 60.1 Å². The number of carboxylic acid groups (broad SMARTS) is 1. The Morgan fingerprint density at radius 1 is 1.40 bits per heavy atom. The van der Waals surface area contributed by atoms with Crippen molar-refractivity contribution in [1.82, 2.24) is 9.88 Å². The van der Waals surface area contributed by atoms with Crippen LogP contribution in [0.15, 0.2) is 18.2 Å². The van der Waals surface area contributed by atoms with E-state index in [0.29, 0.717) is 36.6 Å². The van der Waals surface area contributed by atoms with Gasteiger partial charge in [0.1, 0.15) is 10.8 Å². The zero-order valence-electron chi connectivity index (χ0n) is 20.8. The molecule has 0 aliphatic carbocycles. The number of likely N-dealkylation sites (tertiary alicyclic amines) is 1. The molecule has 1 aromatic carbocycles. The zero-order valence-corrected chi connectivity index (χ0v) is 21.6. The number of piperidine rings is 1. The van der Waals surface area contributed by atoms with E-state index in [1.165, 1.54) is 6.07 Å². The standard InChI is InChI=1S/C25H34F3N3O3S/c1-6-9-25(22(32)33)11-15(24(2,3)4)12-31(14-25)13-19-30-21(26)20(35-19)17-10-16(29-5)7-8-18(17)34-23(27)28/h7-8,10,15,23,29H,6,9,11-14H2,1-5H3,(H,32,33)/t15-,25-/m1/s1. The average molecular weight is 514 g/mol. The predicted molar refractivity (Wildman–Crippen MR) is 132 cm³/mol. The number of hydrogen-bond donors (Lipinski definition) is 2. The van der Waals surface area contributed by atoms with Crippen molar-refractivity contribution in [1.29, 1.82) is 0 Å². The Kier molecular flexibility index (Phi) is 8.36. The van der Waals surface area contributed by atoms with Crippen LogP contribution in [0.25, 0.3) is 10.4 Å². The van der Waals surface area contributed by atoms with Crippen molar-refractivity contribution >= 4 is 23.0 Å². The minimum Gasteiger partial charge on any atom is -0.481 e. The molecule has 0 bridgehead atoms. The van der Waals surface area contributed by atoms with Gasteiger partial charge in [0.25, 0.3) is 0 Å². The minimum atomic E-state index is -3.05. The van der Waals surface area contributed by atoms with E-state index < -0.39 is 23.9 Å². The highest BCUT2D eigenvalue weighted by Crippen LogP contribution is 2.45. The highest BCUT2D eigenvalue weighted by molar-refractivity contribution is 7.15. The number of aromatic nitrogens is 1. The van der Waals surface area contributed by atoms with E-state index in [2.05, 4.69) is 35.8 Å². The van der Waals surface area contributed by atoms with Crippen molar-refractivity contribution < 1.29 is 27.8 Å². The molecule has 2 atom stereocenters. The van der Waals surface area contributed by atoms with E-state index in [1.807, 2.05) is 11.8 Å². The molecule has 1 aliphatic rings. The molecule has 35 heavy (non-hydrogen) atoms. The Morgan fingerprint density at radius 3 is 2.69 bits per heavy atom. The van der Waals surface area contributed by atoms with Crippen LogP contribution in [0.3, 0.4) is 0 Å². The molecule has 0 saturated carbocycles. The Balaban J connectivity index is 1.94. The number of aliphatic carboxylic acids is 1. The van der Waals surface area contributed by atoms with E-state index >= 15 is 0 Å². The van der Waals surface area contributed by atoms with E-state index in [-0.39, 0.29) is 34.1 Å². The quantitative estimate of drug-likeness (QED) is 0.408. The van der Waals surface area contributed by atoms with Gasteiger partial charge in [0.15, 0.2) is 0 Å². The van der Waals surface area contributed by atoms with Crippen LogP contribution in [-0.4, -0.2) is 47.7 Å². The number of rotatable bonds is 9. The van der Waals surface area contributed by atoms with Crippen LogP contribution in [0.4, 0.5) is 18.9 Å². The Labute approximate surface area is 208 Å². The summed E-state index contributed by atoms with van der Waals surface area (Å²) in [5.74, 6) is -1.56. The molecule has 1 aliphatic heterocycles. The Hall–Kier alpha value is -2.33. The van der Waals surface area contributed by atoms with E-state index in [1.54, 1.807) is 19.2 Å². The first-order chi connectivity index (χ1) is 16.4. The summed E-state index contributed by atoms with van der Waals surface area (Å²) < 4.78 is 45.5. The third-order valence-electron chi connectivity index (χ3n) is 6.77. The van der Waals surface area contributed by atoms with Crippen molar-refractivity contribution in [2.24, 2.45) is 16.7 Å². The lowest BCUT2D eigenvalue weighted by Gasteiger charge is -2.48. The smallest absolute Gasteiger partial charge is 0.387 e. The second-order valence-corrected chi connectivity index (χ2v) is 11.4. The summed E-state index contributed by atoms with van der Waals surface area (Å²) in [6.07, 6.45) is 1.91. The van der Waals surface area contributed by atoms with Crippen LogP contribution in [-0.2, 0) is 11.3 Å². The zero-order chi connectivity index (χ0) is 26.0. The van der Waals surface area contributed by atoms with Gasteiger partial charge < -0.3 is 15.2 Å². The number of thiazole rings is 1. The summed E-state index contributed by atoms with van der Waals surface area (Å²) in [4.78, 5) is 18.6. The number of ether oxygens (including phenoxy) is 1. The van der Waals surface area contributed by atoms with Gasteiger partial charge in [-0.2, -0.15) is 13.2 Å². The second kappa shape index (κ2) is 10.7. The fraction of sp³-hybridized carbons (Fsp3) is 0.600. The molecule has 1 fully saturated rings. The summed E-state index contributed by atoms with van der Waals surface area (Å²) in [5.41, 5.74) is -0.161. The van der Waals surface area contributed by atoms with Crippen molar-refractivity contribution in [3.05, 3.63) is 29.2 Å². The molecule has 1 saturated heterocycles. The number of carbonyl (C=O) groups is 1. The molecule has 2 aromatic rings. The van der Waals surface area contributed by atoms with Gasteiger partial charge in [-0.05, 0) is 42.4 Å². The third-order valence-corrected chi connectivity index (χ3v) is 7.82. The first-order valence-corrected chi connectivity index (χ1v) is 12.6. The van der Waals surface area contributed by atoms with Gasteiger partial charge in [-0.15, -0.1) is 11.3 Å². The van der Waals surface area contributed by atoms with Crippen molar-refractivity contribution in [2.75, 3.05) is 25.5 Å². The lowest BCUT2D eigenvalue weighted by Crippen LogP contribution is -2.53. The van der Waals surface area contributed by atoms with Crippen LogP contribution in [0.2, 0.25) is 0 Å². The molecule has 3 rings (SSSR count). The fourth-order valence-electron chi connectivity index (χ4n) is 4.86. The number of anilines is 1. The van der Waals surface area contributed by atoms with Crippen LogP contribution >= 0.6 is 11.3 Å². The average Bonchev–Trinajstić information content (AvgIpc) is 3.12. The highest BCUT2D eigenvalue weighted by Gasteiger charge is 2.47. The van der Waals surface area contributed by atoms with Crippen LogP contribution < -0.4 is 10.1 Å². The van der Waals surface area contributed by atoms with Crippen LogP contribution in [0.5, 0.6) is 5.75 Å². The lowest BCUT2D eigenvalue weighted by molar-refractivity contribution is -0.157. The van der Waals surface area contributed by atoms with Crippen molar-refractivity contribution in [3.63, 3.8) is 0 Å². The molecular formula is C25H34F3N3O3S. The lowest BCUT2D eigenvalue weighted by atomic mass is 9.65. The number of halogens is 3. The number of carboxylic acids is 1. The third kappa shape index (κ3) is 6.27. The molecule has 2 heterocycles. The highest BCUT2D eigenvalue weighted by atomic mass is 32.1. The number of hydrogen-bond acceptors (Lipinski definition) is 6. The normalized spacial score (nSPS) is 21.3. The Morgan fingerprint density at radius 2 is 2.11 bits per heavy atom. The molecule has 1 aromatic heterocycles. The van der Waals surface area contributed by atoms with Gasteiger partial charge in [0.2, 0.25) is 5.95 Å². The first kappa shape index (κ1) is 27.3. The molecule has 10 heteroatoms. The molecular weight excluding hydrogens is 479 g/mol. The van der Waals surface area contributed by atoms with Gasteiger partial charge in [0.05, 0.1) is 16.8 Å². The molecule has 0 unspecified atom stereocenters. The molecule has 0 radical (unpaired) electrons. The molecule has 194 valence electrons. The maximum Gasteiger partial charge on any atom is 0.387 e. The largest absolute Gasteiger partial charge is 0.481 e. The SMILES string of the molecule is CCC[C@@]1(C(=O)O)C[C@@H](C(C)(C)C)CN(Cc2nc(F)c(-c3cc(NC)ccc3OC(F)F)s2)C1. The van der Waals surface area contributed by atoms with E-state index in [0.717, 1.165) is 17.8 Å². The monoisotopic (exact) mass is 513 g/mol. The number of benzene rings is 1. The van der Waals surface area contributed by atoms with Gasteiger partial charge >= 0.3 is 12.6 Å². The fourth-order valence-corrected chi connectivity index (χ4v) is 5.86. The molecule has 2 N–H and O–H groups in total. The summed E-state index contributed by atoms with van der Waals surface area (Å²) in [7, 11) is 1.67. The number of alkyl halides is 2. The second-order valence-electron chi connectivity index (χ2n) is 10.3. The summed E-state index contributed by atoms with van der Waals surface area (Å²) >= 11 is 1.07. The van der Waals surface area contributed by atoms with Gasteiger partial charge in [-0.3, -0.25) is 9.69 Å². The van der Waals surface area contributed by atoms with Gasteiger partial charge in [0, 0.05) is 31.4 Å². The Bertz CT molecular complexity index is 1040. The first-order valence-electron chi connectivity index (χ1n) is 11.8. The van der Waals surface area contributed by atoms with Crippen LogP contribution in [0, 0.1) is 22.7 Å². The predicted octanol–water partition coefficient (Wildman–Crippen LogP) is 6.33. The summed E-state index contributed by atoms with van der Waals surface area (Å²) in [6, 6.07) is 4.49. The van der Waals surface area contributed by atoms with E-state index in [9.17, 15) is 23.1 Å². The topological polar surface area (TPSA) is 74.7 Å². The van der Waals surface area contributed by atoms with E-state index in [4.69, 9.17) is 0 Å².